The van der Waals surface area contributed by atoms with E-state index in [-0.39, 0.29) is 11.6 Å². The standard InChI is InChI=1S/C16H25FN2O2/c1-4-18-15-13(6-5-7-14(15)17)16(20)19-9-11-21-10-8-12(2)3/h5-7,12,18H,4,8-11H2,1-3H3,(H,19,20). The third kappa shape index (κ3) is 6.12. The highest BCUT2D eigenvalue weighted by molar-refractivity contribution is 5.99. The van der Waals surface area contributed by atoms with E-state index < -0.39 is 5.82 Å². The van der Waals surface area contributed by atoms with Crippen LogP contribution in [0.5, 0.6) is 0 Å². The number of benzene rings is 1. The lowest BCUT2D eigenvalue weighted by Gasteiger charge is -2.12. The fourth-order valence-electron chi connectivity index (χ4n) is 1.82. The van der Waals surface area contributed by atoms with Crippen molar-refractivity contribution in [3.63, 3.8) is 0 Å². The van der Waals surface area contributed by atoms with Crippen molar-refractivity contribution < 1.29 is 13.9 Å². The number of halogens is 1. The van der Waals surface area contributed by atoms with Gasteiger partial charge in [-0.3, -0.25) is 4.79 Å². The van der Waals surface area contributed by atoms with Crippen molar-refractivity contribution in [2.75, 3.05) is 31.6 Å². The Morgan fingerprint density at radius 3 is 2.76 bits per heavy atom. The molecule has 0 aliphatic carbocycles. The van der Waals surface area contributed by atoms with Gasteiger partial charge in [-0.05, 0) is 31.4 Å². The van der Waals surface area contributed by atoms with Gasteiger partial charge in [0.05, 0.1) is 17.9 Å². The second-order valence-corrected chi connectivity index (χ2v) is 5.24. The van der Waals surface area contributed by atoms with E-state index in [9.17, 15) is 9.18 Å². The minimum atomic E-state index is -0.419. The van der Waals surface area contributed by atoms with Gasteiger partial charge >= 0.3 is 0 Å². The summed E-state index contributed by atoms with van der Waals surface area (Å²) >= 11 is 0. The summed E-state index contributed by atoms with van der Waals surface area (Å²) in [6.45, 7) is 8.25. The Hall–Kier alpha value is -1.62. The van der Waals surface area contributed by atoms with Gasteiger partial charge in [-0.15, -0.1) is 0 Å². The number of ether oxygens (including phenoxy) is 1. The topological polar surface area (TPSA) is 50.4 Å². The number of anilines is 1. The van der Waals surface area contributed by atoms with E-state index in [1.54, 1.807) is 6.07 Å². The number of nitrogens with one attached hydrogen (secondary N) is 2. The van der Waals surface area contributed by atoms with E-state index in [2.05, 4.69) is 24.5 Å². The Morgan fingerprint density at radius 1 is 1.33 bits per heavy atom. The minimum Gasteiger partial charge on any atom is -0.382 e. The molecule has 0 unspecified atom stereocenters. The molecule has 0 bridgehead atoms. The van der Waals surface area contributed by atoms with Crippen molar-refractivity contribution in [3.05, 3.63) is 29.6 Å². The molecule has 0 spiro atoms. The van der Waals surface area contributed by atoms with Gasteiger partial charge < -0.3 is 15.4 Å². The highest BCUT2D eigenvalue weighted by atomic mass is 19.1. The molecule has 5 heteroatoms. The van der Waals surface area contributed by atoms with Crippen molar-refractivity contribution in [2.24, 2.45) is 5.92 Å². The average Bonchev–Trinajstić information content (AvgIpc) is 2.44. The monoisotopic (exact) mass is 296 g/mol. The van der Waals surface area contributed by atoms with E-state index in [1.165, 1.54) is 12.1 Å². The molecule has 0 aromatic heterocycles. The first kappa shape index (κ1) is 17.4. The Labute approximate surface area is 126 Å². The van der Waals surface area contributed by atoms with Crippen LogP contribution in [-0.2, 0) is 4.74 Å². The Bertz CT molecular complexity index is 450. The number of hydrogen-bond acceptors (Lipinski definition) is 3. The maximum atomic E-state index is 13.7. The first-order valence-corrected chi connectivity index (χ1v) is 7.44. The number of hydrogen-bond donors (Lipinski definition) is 2. The fraction of sp³-hybridized carbons (Fsp3) is 0.562. The molecular weight excluding hydrogens is 271 g/mol. The van der Waals surface area contributed by atoms with Crippen molar-refractivity contribution in [2.45, 2.75) is 27.2 Å². The molecule has 1 aromatic carbocycles. The van der Waals surface area contributed by atoms with Crippen molar-refractivity contribution in [1.29, 1.82) is 0 Å². The van der Waals surface area contributed by atoms with Crippen LogP contribution in [0.4, 0.5) is 10.1 Å². The summed E-state index contributed by atoms with van der Waals surface area (Å²) < 4.78 is 19.1. The lowest BCUT2D eigenvalue weighted by Crippen LogP contribution is -2.28. The lowest BCUT2D eigenvalue weighted by atomic mass is 10.1. The molecule has 1 amide bonds. The average molecular weight is 296 g/mol. The van der Waals surface area contributed by atoms with Crippen LogP contribution in [-0.4, -0.2) is 32.2 Å². The van der Waals surface area contributed by atoms with Crippen LogP contribution in [0.1, 0.15) is 37.6 Å². The van der Waals surface area contributed by atoms with Crippen LogP contribution in [0, 0.1) is 11.7 Å². The zero-order valence-electron chi connectivity index (χ0n) is 13.0. The Morgan fingerprint density at radius 2 is 2.10 bits per heavy atom. The molecule has 1 rings (SSSR count). The van der Waals surface area contributed by atoms with E-state index in [1.807, 2.05) is 6.92 Å². The summed E-state index contributed by atoms with van der Waals surface area (Å²) in [6.07, 6.45) is 1.00. The first-order valence-electron chi connectivity index (χ1n) is 7.44. The predicted molar refractivity (Wildman–Crippen MR) is 83.2 cm³/mol. The molecular formula is C16H25FN2O2. The Kier molecular flexibility index (Phi) is 7.75. The first-order chi connectivity index (χ1) is 10.1. The largest absolute Gasteiger partial charge is 0.382 e. The molecule has 0 saturated heterocycles. The summed E-state index contributed by atoms with van der Waals surface area (Å²) in [4.78, 5) is 12.1. The second-order valence-electron chi connectivity index (χ2n) is 5.24. The number of para-hydroxylation sites is 1. The summed E-state index contributed by atoms with van der Waals surface area (Å²) in [5.74, 6) is -0.106. The summed E-state index contributed by atoms with van der Waals surface area (Å²) in [5, 5.41) is 5.62. The van der Waals surface area contributed by atoms with Crippen LogP contribution in [0.2, 0.25) is 0 Å². The van der Waals surface area contributed by atoms with Crippen LogP contribution in [0.25, 0.3) is 0 Å². The number of carbonyl (C=O) groups is 1. The quantitative estimate of drug-likeness (QED) is 0.689. The third-order valence-corrected chi connectivity index (χ3v) is 2.98. The normalized spacial score (nSPS) is 10.7. The SMILES string of the molecule is CCNc1c(F)cccc1C(=O)NCCOCCC(C)C. The minimum absolute atomic E-state index is 0.248. The molecule has 2 N–H and O–H groups in total. The molecule has 4 nitrogen and oxygen atoms in total. The summed E-state index contributed by atoms with van der Waals surface area (Å²) in [6, 6.07) is 4.48. The van der Waals surface area contributed by atoms with Gasteiger partial charge in [-0.1, -0.05) is 19.9 Å². The second kappa shape index (κ2) is 9.34. The molecule has 0 saturated carbocycles. The third-order valence-electron chi connectivity index (χ3n) is 2.98. The van der Waals surface area contributed by atoms with Gasteiger partial charge in [0.15, 0.2) is 0 Å². The van der Waals surface area contributed by atoms with Crippen molar-refractivity contribution in [1.82, 2.24) is 5.32 Å². The summed E-state index contributed by atoms with van der Waals surface area (Å²) in [7, 11) is 0. The zero-order chi connectivity index (χ0) is 15.7. The number of amides is 1. The molecule has 118 valence electrons. The van der Waals surface area contributed by atoms with Crippen LogP contribution >= 0.6 is 0 Å². The molecule has 0 radical (unpaired) electrons. The van der Waals surface area contributed by atoms with Gasteiger partial charge in [0.2, 0.25) is 0 Å². The van der Waals surface area contributed by atoms with Gasteiger partial charge in [0.1, 0.15) is 5.82 Å². The molecule has 0 heterocycles. The van der Waals surface area contributed by atoms with Crippen LogP contribution in [0.3, 0.4) is 0 Å². The maximum absolute atomic E-state index is 13.7. The van der Waals surface area contributed by atoms with Gasteiger partial charge in [-0.2, -0.15) is 0 Å². The lowest BCUT2D eigenvalue weighted by molar-refractivity contribution is 0.0906. The van der Waals surface area contributed by atoms with Crippen LogP contribution < -0.4 is 10.6 Å². The van der Waals surface area contributed by atoms with Crippen LogP contribution in [0.15, 0.2) is 18.2 Å². The Balaban J connectivity index is 2.43. The molecule has 0 fully saturated rings. The molecule has 0 atom stereocenters. The highest BCUT2D eigenvalue weighted by Gasteiger charge is 2.13. The van der Waals surface area contributed by atoms with Crippen molar-refractivity contribution in [3.8, 4) is 0 Å². The van der Waals surface area contributed by atoms with E-state index >= 15 is 0 Å². The highest BCUT2D eigenvalue weighted by Crippen LogP contribution is 2.19. The van der Waals surface area contributed by atoms with Gasteiger partial charge in [0, 0.05) is 19.7 Å². The molecule has 0 aliphatic rings. The molecule has 1 aromatic rings. The van der Waals surface area contributed by atoms with Crippen molar-refractivity contribution >= 4 is 11.6 Å². The molecule has 21 heavy (non-hydrogen) atoms. The predicted octanol–water partition coefficient (Wildman–Crippen LogP) is 3.05. The molecule has 0 aliphatic heterocycles. The maximum Gasteiger partial charge on any atom is 0.253 e. The van der Waals surface area contributed by atoms with Gasteiger partial charge in [-0.25, -0.2) is 4.39 Å². The van der Waals surface area contributed by atoms with E-state index in [0.717, 1.165) is 6.42 Å². The number of carbonyl (C=O) groups excluding carboxylic acids is 1. The van der Waals surface area contributed by atoms with E-state index in [4.69, 9.17) is 4.74 Å². The number of rotatable bonds is 9. The fourth-order valence-corrected chi connectivity index (χ4v) is 1.82. The van der Waals surface area contributed by atoms with Gasteiger partial charge in [0.25, 0.3) is 5.91 Å². The summed E-state index contributed by atoms with van der Waals surface area (Å²) in [5.41, 5.74) is 0.567. The van der Waals surface area contributed by atoms with E-state index in [0.29, 0.717) is 37.8 Å². The zero-order valence-corrected chi connectivity index (χ0v) is 13.0. The smallest absolute Gasteiger partial charge is 0.253 e.